The molecular weight excluding hydrogens is 499 g/mol. The summed E-state index contributed by atoms with van der Waals surface area (Å²) in [5.41, 5.74) is 2.23. The summed E-state index contributed by atoms with van der Waals surface area (Å²) >= 11 is 6.28. The van der Waals surface area contributed by atoms with Crippen molar-refractivity contribution in [3.63, 3.8) is 0 Å². The summed E-state index contributed by atoms with van der Waals surface area (Å²) in [7, 11) is 1.60. The Morgan fingerprint density at radius 1 is 1.22 bits per heavy atom. The third-order valence-electron chi connectivity index (χ3n) is 5.78. The zero-order chi connectivity index (χ0) is 26.2. The number of piperazine rings is 1. The Bertz CT molecular complexity index is 1250. The molecule has 2 N–H and O–H groups in total. The van der Waals surface area contributed by atoms with Gasteiger partial charge in [0.15, 0.2) is 0 Å². The topological polar surface area (TPSA) is 91.8 Å². The van der Waals surface area contributed by atoms with E-state index < -0.39 is 0 Å². The van der Waals surface area contributed by atoms with Crippen LogP contribution in [-0.4, -0.2) is 67.3 Å². The fourth-order valence-corrected chi connectivity index (χ4v) is 4.00. The summed E-state index contributed by atoms with van der Waals surface area (Å²) in [6.07, 6.45) is 2.62. The van der Waals surface area contributed by atoms with E-state index in [1.165, 1.54) is 12.3 Å². The first-order chi connectivity index (χ1) is 18.0. The van der Waals surface area contributed by atoms with Crippen molar-refractivity contribution in [3.05, 3.63) is 66.3 Å². The third kappa shape index (κ3) is 6.87. The molecule has 1 aliphatic rings. The molecule has 0 saturated carbocycles. The molecule has 194 valence electrons. The van der Waals surface area contributed by atoms with Crippen LogP contribution in [0.5, 0.6) is 17.4 Å². The highest BCUT2D eigenvalue weighted by Gasteiger charge is 2.18. The molecule has 0 spiro atoms. The van der Waals surface area contributed by atoms with Gasteiger partial charge in [-0.15, -0.1) is 0 Å². The average molecular weight is 527 g/mol. The maximum atomic E-state index is 12.6. The second-order valence-electron chi connectivity index (χ2n) is 8.20. The standard InChI is InChI=1S/C26H28ClFN6O3/c1-3-24(35)30-18-5-4-6-20(15-18)37-25-21(27)17-29-26(32-25)31-22-8-7-19(16-23(22)36-2)34-13-11-33(10-9-28)12-14-34/h3-8,15-17H,1,9-14H2,2H3,(H,30,35)(H,29,31,32). The number of ether oxygens (including phenoxy) is 2. The smallest absolute Gasteiger partial charge is 0.247 e. The number of benzene rings is 2. The Morgan fingerprint density at radius 3 is 2.76 bits per heavy atom. The Labute approximate surface area is 219 Å². The van der Waals surface area contributed by atoms with Crippen molar-refractivity contribution in [1.29, 1.82) is 0 Å². The van der Waals surface area contributed by atoms with E-state index in [4.69, 9.17) is 21.1 Å². The van der Waals surface area contributed by atoms with Crippen LogP contribution in [0.15, 0.2) is 61.3 Å². The quantitative estimate of drug-likeness (QED) is 0.361. The molecule has 0 aliphatic carbocycles. The largest absolute Gasteiger partial charge is 0.494 e. The number of carbonyl (C=O) groups excluding carboxylic acids is 1. The van der Waals surface area contributed by atoms with Gasteiger partial charge in [0, 0.05) is 56.2 Å². The van der Waals surface area contributed by atoms with E-state index in [2.05, 4.69) is 37.0 Å². The summed E-state index contributed by atoms with van der Waals surface area (Å²) in [5, 5.41) is 6.05. The Kier molecular flexibility index (Phi) is 8.76. The summed E-state index contributed by atoms with van der Waals surface area (Å²) < 4.78 is 24.1. The number of nitrogens with one attached hydrogen (secondary N) is 2. The minimum Gasteiger partial charge on any atom is -0.494 e. The van der Waals surface area contributed by atoms with Gasteiger partial charge in [-0.05, 0) is 30.3 Å². The van der Waals surface area contributed by atoms with Crippen LogP contribution in [0.2, 0.25) is 5.02 Å². The van der Waals surface area contributed by atoms with Crippen molar-refractivity contribution in [1.82, 2.24) is 14.9 Å². The van der Waals surface area contributed by atoms with Crippen LogP contribution in [0, 0.1) is 0 Å². The first kappa shape index (κ1) is 26.2. The number of amides is 1. The van der Waals surface area contributed by atoms with E-state index in [0.717, 1.165) is 31.9 Å². The van der Waals surface area contributed by atoms with Gasteiger partial charge in [0.25, 0.3) is 0 Å². The van der Waals surface area contributed by atoms with Gasteiger partial charge >= 0.3 is 0 Å². The third-order valence-corrected chi connectivity index (χ3v) is 6.04. The van der Waals surface area contributed by atoms with E-state index in [-0.39, 0.29) is 29.4 Å². The molecule has 37 heavy (non-hydrogen) atoms. The molecule has 2 heterocycles. The van der Waals surface area contributed by atoms with Crippen molar-refractivity contribution in [2.75, 3.05) is 62.0 Å². The van der Waals surface area contributed by atoms with Crippen molar-refractivity contribution in [2.24, 2.45) is 0 Å². The number of alkyl halides is 1. The number of hydrogen-bond acceptors (Lipinski definition) is 8. The van der Waals surface area contributed by atoms with Gasteiger partial charge in [0.2, 0.25) is 17.7 Å². The molecule has 0 unspecified atom stereocenters. The lowest BCUT2D eigenvalue weighted by Gasteiger charge is -2.35. The second-order valence-corrected chi connectivity index (χ2v) is 8.60. The molecule has 1 amide bonds. The van der Waals surface area contributed by atoms with Crippen molar-refractivity contribution in [3.8, 4) is 17.4 Å². The highest BCUT2D eigenvalue weighted by molar-refractivity contribution is 6.31. The van der Waals surface area contributed by atoms with Crippen molar-refractivity contribution >= 4 is 40.5 Å². The lowest BCUT2D eigenvalue weighted by atomic mass is 10.2. The molecule has 1 fully saturated rings. The molecule has 0 atom stereocenters. The normalized spacial score (nSPS) is 13.6. The first-order valence-corrected chi connectivity index (χ1v) is 12.1. The van der Waals surface area contributed by atoms with Gasteiger partial charge < -0.3 is 25.0 Å². The average Bonchev–Trinajstić information content (AvgIpc) is 2.91. The number of nitrogens with zero attached hydrogens (tertiary/aromatic N) is 4. The van der Waals surface area contributed by atoms with Gasteiger partial charge in [-0.25, -0.2) is 9.37 Å². The summed E-state index contributed by atoms with van der Waals surface area (Å²) in [4.78, 5) is 24.6. The number of rotatable bonds is 10. The predicted octanol–water partition coefficient (Wildman–Crippen LogP) is 4.89. The van der Waals surface area contributed by atoms with E-state index >= 15 is 0 Å². The van der Waals surface area contributed by atoms with Crippen LogP contribution in [0.25, 0.3) is 0 Å². The van der Waals surface area contributed by atoms with Gasteiger partial charge in [-0.1, -0.05) is 24.2 Å². The number of halogens is 2. The molecule has 11 heteroatoms. The fraction of sp³-hybridized carbons (Fsp3) is 0.269. The van der Waals surface area contributed by atoms with E-state index in [1.54, 1.807) is 31.4 Å². The van der Waals surface area contributed by atoms with E-state index in [1.807, 2.05) is 18.2 Å². The predicted molar refractivity (Wildman–Crippen MR) is 143 cm³/mol. The summed E-state index contributed by atoms with van der Waals surface area (Å²) in [6.45, 7) is 6.86. The lowest BCUT2D eigenvalue weighted by molar-refractivity contribution is -0.111. The minimum absolute atomic E-state index is 0.146. The van der Waals surface area contributed by atoms with Crippen LogP contribution in [0.1, 0.15) is 0 Å². The SMILES string of the molecule is C=CC(=O)Nc1cccc(Oc2nc(Nc3ccc(N4CCN(CCF)CC4)cc3OC)ncc2Cl)c1. The Morgan fingerprint density at radius 2 is 2.03 bits per heavy atom. The molecule has 0 bridgehead atoms. The van der Waals surface area contributed by atoms with Gasteiger partial charge in [-0.3, -0.25) is 9.69 Å². The molecule has 4 rings (SSSR count). The zero-order valence-electron chi connectivity index (χ0n) is 20.4. The van der Waals surface area contributed by atoms with E-state index in [0.29, 0.717) is 29.4 Å². The number of anilines is 4. The Hall–Kier alpha value is -3.89. The number of methoxy groups -OCH3 is 1. The molecule has 1 saturated heterocycles. The fourth-order valence-electron chi connectivity index (χ4n) is 3.88. The molecule has 1 aromatic heterocycles. The maximum Gasteiger partial charge on any atom is 0.247 e. The van der Waals surface area contributed by atoms with Crippen LogP contribution in [-0.2, 0) is 4.79 Å². The highest BCUT2D eigenvalue weighted by Crippen LogP contribution is 2.34. The molecular formula is C26H28ClFN6O3. The second kappa shape index (κ2) is 12.4. The summed E-state index contributed by atoms with van der Waals surface area (Å²) in [5.74, 6) is 1.13. The summed E-state index contributed by atoms with van der Waals surface area (Å²) in [6, 6.07) is 12.7. The lowest BCUT2D eigenvalue weighted by Crippen LogP contribution is -2.47. The van der Waals surface area contributed by atoms with Gasteiger partial charge in [0.1, 0.15) is 23.2 Å². The van der Waals surface area contributed by atoms with Crippen molar-refractivity contribution < 1.29 is 18.7 Å². The van der Waals surface area contributed by atoms with Gasteiger partial charge in [-0.2, -0.15) is 4.98 Å². The van der Waals surface area contributed by atoms with Crippen LogP contribution < -0.4 is 25.0 Å². The van der Waals surface area contributed by atoms with E-state index in [9.17, 15) is 9.18 Å². The first-order valence-electron chi connectivity index (χ1n) is 11.7. The number of hydrogen-bond donors (Lipinski definition) is 2. The van der Waals surface area contributed by atoms with Gasteiger partial charge in [0.05, 0.1) is 19.0 Å². The molecule has 2 aromatic carbocycles. The number of carbonyl (C=O) groups is 1. The highest BCUT2D eigenvalue weighted by atomic mass is 35.5. The molecule has 3 aromatic rings. The van der Waals surface area contributed by atoms with Crippen LogP contribution in [0.4, 0.5) is 27.4 Å². The maximum absolute atomic E-state index is 12.6. The molecule has 9 nitrogen and oxygen atoms in total. The monoisotopic (exact) mass is 526 g/mol. The minimum atomic E-state index is -0.331. The van der Waals surface area contributed by atoms with Crippen molar-refractivity contribution in [2.45, 2.75) is 0 Å². The Balaban J connectivity index is 1.47. The molecule has 1 aliphatic heterocycles. The zero-order valence-corrected chi connectivity index (χ0v) is 21.2. The van der Waals surface area contributed by atoms with Crippen LogP contribution in [0.3, 0.4) is 0 Å². The van der Waals surface area contributed by atoms with Crippen LogP contribution >= 0.6 is 11.6 Å². The number of aromatic nitrogens is 2. The molecule has 0 radical (unpaired) electrons.